The van der Waals surface area contributed by atoms with Gasteiger partial charge in [-0.25, -0.2) is 4.98 Å². The second-order valence-corrected chi connectivity index (χ2v) is 8.68. The van der Waals surface area contributed by atoms with Crippen molar-refractivity contribution in [1.29, 1.82) is 0 Å². The zero-order valence-corrected chi connectivity index (χ0v) is 16.2. The summed E-state index contributed by atoms with van der Waals surface area (Å²) in [6.07, 6.45) is 5.26. The maximum absolute atomic E-state index is 12.5. The van der Waals surface area contributed by atoms with Gasteiger partial charge in [-0.05, 0) is 38.0 Å². The molecule has 0 radical (unpaired) electrons. The van der Waals surface area contributed by atoms with Crippen molar-refractivity contribution >= 4 is 45.8 Å². The number of H-pyrrole nitrogens is 1. The molecule has 1 saturated carbocycles. The number of aromatic amines is 1. The number of carbonyl (C=O) groups excluding carboxylic acids is 2. The molecule has 1 fully saturated rings. The lowest BCUT2D eigenvalue weighted by Crippen LogP contribution is -2.42. The molecule has 1 amide bonds. The lowest BCUT2D eigenvalue weighted by molar-refractivity contribution is -0.138. The quantitative estimate of drug-likeness (QED) is 0.414. The van der Waals surface area contributed by atoms with E-state index in [1.165, 1.54) is 18.7 Å². The Morgan fingerprint density at radius 3 is 2.96 bits per heavy atom. The zero-order valence-electron chi connectivity index (χ0n) is 14.6. The van der Waals surface area contributed by atoms with E-state index in [9.17, 15) is 14.7 Å². The fourth-order valence-corrected chi connectivity index (χ4v) is 4.37. The average Bonchev–Trinajstić information content (AvgIpc) is 3.17. The second-order valence-electron chi connectivity index (χ2n) is 6.63. The fourth-order valence-electron chi connectivity index (χ4n) is 2.52. The topological polar surface area (TPSA) is 108 Å². The molecule has 0 bridgehead atoms. The smallest absolute Gasteiger partial charge is 0.257 e. The first-order valence-electron chi connectivity index (χ1n) is 8.53. The molecule has 1 aliphatic carbocycles. The molecule has 4 rings (SSSR count). The molecule has 0 unspecified atom stereocenters. The summed E-state index contributed by atoms with van der Waals surface area (Å²) in [5.74, 6) is -0.284. The third kappa shape index (κ3) is 3.90. The van der Waals surface area contributed by atoms with E-state index in [0.29, 0.717) is 14.9 Å². The minimum Gasteiger partial charge on any atom is -0.375 e. The number of Topliss-reactive ketones (excluding diaryl/α,β-unsaturated/α-hetero) is 1. The van der Waals surface area contributed by atoms with Crippen molar-refractivity contribution in [3.63, 3.8) is 0 Å². The van der Waals surface area contributed by atoms with Crippen LogP contribution >= 0.6 is 23.1 Å². The van der Waals surface area contributed by atoms with Crippen LogP contribution < -0.4 is 5.32 Å². The highest BCUT2D eigenvalue weighted by molar-refractivity contribution is 7.99. The summed E-state index contributed by atoms with van der Waals surface area (Å²) in [5, 5.41) is 14.0. The molecule has 0 aromatic carbocycles. The van der Waals surface area contributed by atoms with Gasteiger partial charge in [-0.1, -0.05) is 11.8 Å². The van der Waals surface area contributed by atoms with Gasteiger partial charge in [0.2, 0.25) is 0 Å². The van der Waals surface area contributed by atoms with Crippen LogP contribution in [0.25, 0.3) is 11.0 Å². The predicted octanol–water partition coefficient (Wildman–Crippen LogP) is 2.48. The predicted molar refractivity (Wildman–Crippen MR) is 104 cm³/mol. The van der Waals surface area contributed by atoms with E-state index < -0.39 is 11.5 Å². The number of thiophene rings is 1. The summed E-state index contributed by atoms with van der Waals surface area (Å²) in [5.41, 5.74) is -0.00957. The number of imidazole rings is 1. The number of nitrogens with zero attached hydrogens (tertiary/aromatic N) is 2. The van der Waals surface area contributed by atoms with E-state index in [1.807, 2.05) is 0 Å². The van der Waals surface area contributed by atoms with Gasteiger partial charge in [0, 0.05) is 17.1 Å². The van der Waals surface area contributed by atoms with Gasteiger partial charge in [0.1, 0.15) is 0 Å². The van der Waals surface area contributed by atoms with Crippen molar-refractivity contribution in [2.75, 3.05) is 5.75 Å². The van der Waals surface area contributed by atoms with Crippen LogP contribution in [0.1, 0.15) is 34.3 Å². The van der Waals surface area contributed by atoms with Crippen molar-refractivity contribution in [3.05, 3.63) is 40.3 Å². The van der Waals surface area contributed by atoms with Gasteiger partial charge in [0.15, 0.2) is 16.5 Å². The Morgan fingerprint density at radius 1 is 1.41 bits per heavy atom. The van der Waals surface area contributed by atoms with Crippen LogP contribution in [0.4, 0.5) is 0 Å². The van der Waals surface area contributed by atoms with E-state index in [1.54, 1.807) is 30.6 Å². The van der Waals surface area contributed by atoms with Crippen LogP contribution in [-0.2, 0) is 10.4 Å². The highest BCUT2D eigenvalue weighted by Crippen LogP contribution is 2.31. The van der Waals surface area contributed by atoms with Gasteiger partial charge in [-0.3, -0.25) is 14.6 Å². The monoisotopic (exact) mass is 402 g/mol. The molecule has 3 N–H and O–H groups in total. The van der Waals surface area contributed by atoms with Crippen molar-refractivity contribution in [3.8, 4) is 0 Å². The van der Waals surface area contributed by atoms with Crippen LogP contribution in [0.2, 0.25) is 0 Å². The summed E-state index contributed by atoms with van der Waals surface area (Å²) in [6.45, 7) is 1.46. The molecule has 3 heterocycles. The largest absolute Gasteiger partial charge is 0.375 e. The van der Waals surface area contributed by atoms with Crippen LogP contribution in [0, 0.1) is 0 Å². The SMILES string of the molecule is C[C@](O)(C(=O)NC1CC1)c1ccc(C(=O)CSc2nc3ccncc3[nH]2)s1. The summed E-state index contributed by atoms with van der Waals surface area (Å²) in [6, 6.07) is 5.27. The number of pyridine rings is 1. The molecule has 27 heavy (non-hydrogen) atoms. The Bertz CT molecular complexity index is 974. The second kappa shape index (κ2) is 7.06. The molecule has 1 atom stereocenters. The molecule has 1 aliphatic rings. The molecule has 3 aromatic rings. The molecule has 0 saturated heterocycles. The van der Waals surface area contributed by atoms with Gasteiger partial charge < -0.3 is 15.4 Å². The normalized spacial score (nSPS) is 16.2. The fraction of sp³-hybridized carbons (Fsp3) is 0.333. The standard InChI is InChI=1S/C18H18N4O3S2/c1-18(25,16(24)20-10-2-3-10)15-5-4-14(27-15)13(23)9-26-17-21-11-6-7-19-8-12(11)22-17/h4-8,10,25H,2-3,9H2,1H3,(H,20,24)(H,21,22)/t18-/m1/s1. The van der Waals surface area contributed by atoms with Crippen molar-refractivity contribution in [1.82, 2.24) is 20.3 Å². The Morgan fingerprint density at radius 2 is 2.22 bits per heavy atom. The van der Waals surface area contributed by atoms with Crippen molar-refractivity contribution < 1.29 is 14.7 Å². The highest BCUT2D eigenvalue weighted by Gasteiger charge is 2.37. The van der Waals surface area contributed by atoms with E-state index in [4.69, 9.17) is 0 Å². The number of amides is 1. The first-order chi connectivity index (χ1) is 12.9. The van der Waals surface area contributed by atoms with Crippen LogP contribution in [0.3, 0.4) is 0 Å². The Labute approximate surface area is 163 Å². The minimum absolute atomic E-state index is 0.0757. The van der Waals surface area contributed by atoms with Crippen molar-refractivity contribution in [2.24, 2.45) is 0 Å². The number of aromatic nitrogens is 3. The molecule has 9 heteroatoms. The first kappa shape index (κ1) is 18.1. The number of hydrogen-bond acceptors (Lipinski definition) is 7. The zero-order chi connectivity index (χ0) is 19.0. The summed E-state index contributed by atoms with van der Waals surface area (Å²) in [4.78, 5) is 37.2. The van der Waals surface area contributed by atoms with E-state index in [-0.39, 0.29) is 17.6 Å². The summed E-state index contributed by atoms with van der Waals surface area (Å²) < 4.78 is 0. The lowest BCUT2D eigenvalue weighted by Gasteiger charge is -2.20. The molecular formula is C18H18N4O3S2. The number of thioether (sulfide) groups is 1. The average molecular weight is 403 g/mol. The van der Waals surface area contributed by atoms with Gasteiger partial charge in [0.25, 0.3) is 5.91 Å². The highest BCUT2D eigenvalue weighted by atomic mass is 32.2. The molecule has 0 aliphatic heterocycles. The van der Waals surface area contributed by atoms with E-state index in [2.05, 4.69) is 20.3 Å². The molecule has 140 valence electrons. The van der Waals surface area contributed by atoms with Crippen LogP contribution in [0.15, 0.2) is 35.7 Å². The number of hydrogen-bond donors (Lipinski definition) is 3. The maximum Gasteiger partial charge on any atom is 0.257 e. The van der Waals surface area contributed by atoms with Crippen LogP contribution in [0.5, 0.6) is 0 Å². The van der Waals surface area contributed by atoms with Crippen molar-refractivity contribution in [2.45, 2.75) is 36.6 Å². The molecule has 0 spiro atoms. The summed E-state index contributed by atoms with van der Waals surface area (Å²) >= 11 is 2.46. The number of aliphatic hydroxyl groups is 1. The number of fused-ring (bicyclic) bond motifs is 1. The number of nitrogens with one attached hydrogen (secondary N) is 2. The van der Waals surface area contributed by atoms with Gasteiger partial charge in [0.05, 0.1) is 27.9 Å². The third-order valence-electron chi connectivity index (χ3n) is 4.32. The van der Waals surface area contributed by atoms with E-state index in [0.717, 1.165) is 35.2 Å². The Hall–Kier alpha value is -2.23. The number of ketones is 1. The van der Waals surface area contributed by atoms with Gasteiger partial charge >= 0.3 is 0 Å². The van der Waals surface area contributed by atoms with Gasteiger partial charge in [-0.2, -0.15) is 0 Å². The van der Waals surface area contributed by atoms with E-state index >= 15 is 0 Å². The Kier molecular flexibility index (Phi) is 4.75. The Balaban J connectivity index is 1.41. The number of rotatable bonds is 7. The van der Waals surface area contributed by atoms with Crippen LogP contribution in [-0.4, -0.2) is 43.5 Å². The number of carbonyl (C=O) groups is 2. The third-order valence-corrected chi connectivity index (χ3v) is 6.53. The lowest BCUT2D eigenvalue weighted by atomic mass is 10.0. The molecule has 7 nitrogen and oxygen atoms in total. The van der Waals surface area contributed by atoms with Gasteiger partial charge in [-0.15, -0.1) is 11.3 Å². The molecular weight excluding hydrogens is 384 g/mol. The maximum atomic E-state index is 12.5. The first-order valence-corrected chi connectivity index (χ1v) is 10.3. The molecule has 3 aromatic heterocycles. The summed E-state index contributed by atoms with van der Waals surface area (Å²) in [7, 11) is 0. The minimum atomic E-state index is -1.63.